The second kappa shape index (κ2) is 3.84. The predicted octanol–water partition coefficient (Wildman–Crippen LogP) is 3.44. The number of aryl methyl sites for hydroxylation is 1. The molecule has 3 nitrogen and oxygen atoms in total. The molecular formula is C13H14ClN3. The summed E-state index contributed by atoms with van der Waals surface area (Å²) < 4.78 is 0. The van der Waals surface area contributed by atoms with Gasteiger partial charge in [0.05, 0.1) is 5.52 Å². The molecular weight excluding hydrogens is 234 g/mol. The fourth-order valence-electron chi connectivity index (χ4n) is 2.25. The van der Waals surface area contributed by atoms with Crippen LogP contribution in [0, 0.1) is 6.92 Å². The molecule has 0 bridgehead atoms. The monoisotopic (exact) mass is 247 g/mol. The summed E-state index contributed by atoms with van der Waals surface area (Å²) in [5.74, 6) is 1.94. The van der Waals surface area contributed by atoms with Crippen molar-refractivity contribution in [1.82, 2.24) is 9.97 Å². The molecule has 0 aliphatic heterocycles. The summed E-state index contributed by atoms with van der Waals surface area (Å²) in [7, 11) is 0. The molecule has 2 aromatic rings. The van der Waals surface area contributed by atoms with Crippen LogP contribution in [-0.4, -0.2) is 9.97 Å². The molecule has 1 fully saturated rings. The van der Waals surface area contributed by atoms with Gasteiger partial charge < -0.3 is 5.73 Å². The smallest absolute Gasteiger partial charge is 0.135 e. The molecule has 1 aromatic carbocycles. The number of benzene rings is 1. The molecule has 0 atom stereocenters. The lowest BCUT2D eigenvalue weighted by Crippen LogP contribution is -2.14. The highest BCUT2D eigenvalue weighted by molar-refractivity contribution is 6.31. The summed E-state index contributed by atoms with van der Waals surface area (Å²) in [6, 6.07) is 3.75. The van der Waals surface area contributed by atoms with E-state index in [0.29, 0.717) is 16.8 Å². The maximum absolute atomic E-state index is 6.03. The molecule has 1 aliphatic carbocycles. The largest absolute Gasteiger partial charge is 0.383 e. The van der Waals surface area contributed by atoms with Crippen molar-refractivity contribution < 1.29 is 0 Å². The highest BCUT2D eigenvalue weighted by Crippen LogP contribution is 2.36. The van der Waals surface area contributed by atoms with Gasteiger partial charge >= 0.3 is 0 Å². The molecule has 4 heteroatoms. The SMILES string of the molecule is Cc1cc(Cl)cc2c(N)nc(C3CCC3)nc12. The highest BCUT2D eigenvalue weighted by atomic mass is 35.5. The number of hydrogen-bond donors (Lipinski definition) is 1. The van der Waals surface area contributed by atoms with Gasteiger partial charge in [-0.15, -0.1) is 0 Å². The standard InChI is InChI=1S/C13H14ClN3/c1-7-5-9(14)6-10-11(7)16-13(17-12(10)15)8-3-2-4-8/h5-6,8H,2-4H2,1H3,(H2,15,16,17). The van der Waals surface area contributed by atoms with Crippen molar-refractivity contribution in [3.8, 4) is 0 Å². The number of nitrogen functional groups attached to an aromatic ring is 1. The van der Waals surface area contributed by atoms with E-state index in [1.807, 2.05) is 19.1 Å². The Hall–Kier alpha value is -1.35. The number of nitrogens with zero attached hydrogens (tertiary/aromatic N) is 2. The van der Waals surface area contributed by atoms with Gasteiger partial charge in [0, 0.05) is 16.3 Å². The molecule has 1 aliphatic rings. The van der Waals surface area contributed by atoms with Gasteiger partial charge in [0.15, 0.2) is 0 Å². The van der Waals surface area contributed by atoms with Crippen molar-refractivity contribution in [3.63, 3.8) is 0 Å². The van der Waals surface area contributed by atoms with Crippen LogP contribution in [0.3, 0.4) is 0 Å². The topological polar surface area (TPSA) is 51.8 Å². The Morgan fingerprint density at radius 2 is 2.06 bits per heavy atom. The Kier molecular flexibility index (Phi) is 2.44. The van der Waals surface area contributed by atoms with E-state index in [9.17, 15) is 0 Å². The zero-order chi connectivity index (χ0) is 12.0. The fourth-order valence-corrected chi connectivity index (χ4v) is 2.52. The van der Waals surface area contributed by atoms with Crippen molar-refractivity contribution in [1.29, 1.82) is 0 Å². The van der Waals surface area contributed by atoms with Gasteiger partial charge in [-0.25, -0.2) is 9.97 Å². The molecule has 1 saturated carbocycles. The number of rotatable bonds is 1. The van der Waals surface area contributed by atoms with Gasteiger partial charge in [-0.3, -0.25) is 0 Å². The zero-order valence-electron chi connectivity index (χ0n) is 9.70. The van der Waals surface area contributed by atoms with E-state index in [2.05, 4.69) is 9.97 Å². The van der Waals surface area contributed by atoms with Crippen LogP contribution in [0.15, 0.2) is 12.1 Å². The second-order valence-corrected chi connectivity index (χ2v) is 5.15. The van der Waals surface area contributed by atoms with Crippen LogP contribution in [0.4, 0.5) is 5.82 Å². The molecule has 1 aromatic heterocycles. The first-order valence-electron chi connectivity index (χ1n) is 5.88. The van der Waals surface area contributed by atoms with Crippen molar-refractivity contribution in [2.24, 2.45) is 0 Å². The van der Waals surface area contributed by atoms with Crippen molar-refractivity contribution in [2.75, 3.05) is 5.73 Å². The van der Waals surface area contributed by atoms with Crippen LogP contribution in [0.2, 0.25) is 5.02 Å². The predicted molar refractivity (Wildman–Crippen MR) is 70.3 cm³/mol. The molecule has 17 heavy (non-hydrogen) atoms. The lowest BCUT2D eigenvalue weighted by Gasteiger charge is -2.24. The molecule has 0 saturated heterocycles. The van der Waals surface area contributed by atoms with E-state index in [4.69, 9.17) is 17.3 Å². The van der Waals surface area contributed by atoms with Crippen LogP contribution in [0.1, 0.15) is 36.6 Å². The van der Waals surface area contributed by atoms with E-state index >= 15 is 0 Å². The van der Waals surface area contributed by atoms with Crippen LogP contribution >= 0.6 is 11.6 Å². The first-order chi connectivity index (χ1) is 8.15. The number of nitrogens with two attached hydrogens (primary N) is 1. The quantitative estimate of drug-likeness (QED) is 0.840. The number of hydrogen-bond acceptors (Lipinski definition) is 3. The first-order valence-corrected chi connectivity index (χ1v) is 6.26. The molecule has 0 unspecified atom stereocenters. The molecule has 0 amide bonds. The van der Waals surface area contributed by atoms with E-state index in [1.165, 1.54) is 19.3 Å². The Morgan fingerprint density at radius 3 is 2.71 bits per heavy atom. The molecule has 0 radical (unpaired) electrons. The summed E-state index contributed by atoms with van der Waals surface area (Å²) in [5, 5.41) is 1.54. The molecule has 3 rings (SSSR count). The lowest BCUT2D eigenvalue weighted by molar-refractivity contribution is 0.403. The number of halogens is 1. The lowest BCUT2D eigenvalue weighted by atomic mass is 9.85. The van der Waals surface area contributed by atoms with Crippen LogP contribution in [0.25, 0.3) is 10.9 Å². The first kappa shape index (κ1) is 10.8. The van der Waals surface area contributed by atoms with Gasteiger partial charge in [0.1, 0.15) is 11.6 Å². The summed E-state index contributed by atoms with van der Waals surface area (Å²) in [5.41, 5.74) is 7.99. The van der Waals surface area contributed by atoms with E-state index in [1.54, 1.807) is 0 Å². The summed E-state index contributed by atoms with van der Waals surface area (Å²) in [6.07, 6.45) is 3.63. The van der Waals surface area contributed by atoms with Gasteiger partial charge in [0.25, 0.3) is 0 Å². The van der Waals surface area contributed by atoms with Crippen LogP contribution < -0.4 is 5.73 Å². The van der Waals surface area contributed by atoms with Crippen molar-refractivity contribution in [2.45, 2.75) is 32.1 Å². The van der Waals surface area contributed by atoms with E-state index in [-0.39, 0.29) is 0 Å². The van der Waals surface area contributed by atoms with Crippen molar-refractivity contribution >= 4 is 28.3 Å². The summed E-state index contributed by atoms with van der Waals surface area (Å²) in [6.45, 7) is 2.01. The van der Waals surface area contributed by atoms with E-state index < -0.39 is 0 Å². The third-order valence-electron chi connectivity index (χ3n) is 3.47. The van der Waals surface area contributed by atoms with Gasteiger partial charge in [-0.2, -0.15) is 0 Å². The normalized spacial score (nSPS) is 16.1. The average Bonchev–Trinajstić information content (AvgIpc) is 2.17. The third kappa shape index (κ3) is 1.75. The van der Waals surface area contributed by atoms with Crippen LogP contribution in [-0.2, 0) is 0 Å². The highest BCUT2D eigenvalue weighted by Gasteiger charge is 2.23. The maximum Gasteiger partial charge on any atom is 0.135 e. The molecule has 2 N–H and O–H groups in total. The number of anilines is 1. The van der Waals surface area contributed by atoms with Gasteiger partial charge in [-0.05, 0) is 37.5 Å². The fraction of sp³-hybridized carbons (Fsp3) is 0.385. The van der Waals surface area contributed by atoms with Gasteiger partial charge in [0.2, 0.25) is 0 Å². The summed E-state index contributed by atoms with van der Waals surface area (Å²) in [4.78, 5) is 9.06. The van der Waals surface area contributed by atoms with Gasteiger partial charge in [-0.1, -0.05) is 18.0 Å². The number of aromatic nitrogens is 2. The van der Waals surface area contributed by atoms with Crippen molar-refractivity contribution in [3.05, 3.63) is 28.5 Å². The minimum absolute atomic E-state index is 0.497. The average molecular weight is 248 g/mol. The zero-order valence-corrected chi connectivity index (χ0v) is 10.5. The molecule has 88 valence electrons. The minimum atomic E-state index is 0.497. The Labute approximate surface area is 105 Å². The molecule has 0 spiro atoms. The third-order valence-corrected chi connectivity index (χ3v) is 3.69. The Balaban J connectivity index is 2.24. The summed E-state index contributed by atoms with van der Waals surface area (Å²) >= 11 is 6.03. The molecule has 1 heterocycles. The Morgan fingerprint density at radius 1 is 1.29 bits per heavy atom. The minimum Gasteiger partial charge on any atom is -0.383 e. The van der Waals surface area contributed by atoms with Crippen LogP contribution in [0.5, 0.6) is 0 Å². The maximum atomic E-state index is 6.03. The number of fused-ring (bicyclic) bond motifs is 1. The second-order valence-electron chi connectivity index (χ2n) is 4.71. The van der Waals surface area contributed by atoms with E-state index in [0.717, 1.165) is 22.3 Å². The Bertz CT molecular complexity index is 591.